The Morgan fingerprint density at radius 2 is 2.08 bits per heavy atom. The van der Waals surface area contributed by atoms with Crippen LogP contribution in [0.4, 0.5) is 0 Å². The molecule has 4 rings (SSSR count). The van der Waals surface area contributed by atoms with Gasteiger partial charge in [-0.2, -0.15) is 0 Å². The first-order valence-corrected chi connectivity index (χ1v) is 8.81. The fraction of sp³-hybridized carbons (Fsp3) is 0.400. The number of pyridine rings is 1. The predicted molar refractivity (Wildman–Crippen MR) is 93.2 cm³/mol. The number of amides is 1. The summed E-state index contributed by atoms with van der Waals surface area (Å²) in [6.07, 6.45) is 5.85. The molecule has 1 atom stereocenters. The Hall–Kier alpha value is -2.40. The summed E-state index contributed by atoms with van der Waals surface area (Å²) in [7, 11) is 0. The van der Waals surface area contributed by atoms with Crippen LogP contribution in [0.1, 0.15) is 35.6 Å². The largest absolute Gasteiger partial charge is 0.493 e. The maximum absolute atomic E-state index is 12.5. The second-order valence-electron chi connectivity index (χ2n) is 6.93. The molecular formula is C20H22N2O3. The highest BCUT2D eigenvalue weighted by Crippen LogP contribution is 2.39. The molecule has 0 bridgehead atoms. The number of nitrogens with one attached hydrogen (secondary N) is 1. The van der Waals surface area contributed by atoms with Gasteiger partial charge in [0.1, 0.15) is 5.75 Å². The molecule has 25 heavy (non-hydrogen) atoms. The van der Waals surface area contributed by atoms with Crippen molar-refractivity contribution in [3.8, 4) is 5.75 Å². The highest BCUT2D eigenvalue weighted by atomic mass is 16.5. The van der Waals surface area contributed by atoms with Gasteiger partial charge in [0.25, 0.3) is 0 Å². The fourth-order valence-corrected chi connectivity index (χ4v) is 3.69. The number of fused-ring (bicyclic) bond motifs is 1. The molecule has 130 valence electrons. The number of aliphatic hydroxyl groups is 1. The quantitative estimate of drug-likeness (QED) is 0.877. The highest BCUT2D eigenvalue weighted by molar-refractivity contribution is 5.79. The molecule has 2 aliphatic rings. The zero-order valence-corrected chi connectivity index (χ0v) is 14.0. The zero-order valence-electron chi connectivity index (χ0n) is 14.0. The highest BCUT2D eigenvalue weighted by Gasteiger charge is 2.36. The summed E-state index contributed by atoms with van der Waals surface area (Å²) in [5.41, 5.74) is 3.25. The van der Waals surface area contributed by atoms with Crippen molar-refractivity contribution in [1.29, 1.82) is 0 Å². The maximum atomic E-state index is 12.5. The lowest BCUT2D eigenvalue weighted by Gasteiger charge is -2.38. The normalized spacial score (nSPS) is 22.4. The third-order valence-electron chi connectivity index (χ3n) is 5.12. The monoisotopic (exact) mass is 338 g/mol. The molecule has 1 fully saturated rings. The van der Waals surface area contributed by atoms with Crippen LogP contribution in [0.15, 0.2) is 42.7 Å². The lowest BCUT2D eigenvalue weighted by molar-refractivity contribution is -0.122. The van der Waals surface area contributed by atoms with Crippen molar-refractivity contribution in [2.24, 2.45) is 5.92 Å². The summed E-state index contributed by atoms with van der Waals surface area (Å²) in [6, 6.07) is 9.82. The van der Waals surface area contributed by atoms with Crippen molar-refractivity contribution < 1.29 is 14.6 Å². The second kappa shape index (κ2) is 6.84. The van der Waals surface area contributed by atoms with Gasteiger partial charge in [-0.15, -0.1) is 0 Å². The number of aliphatic hydroxyl groups excluding tert-OH is 1. The van der Waals surface area contributed by atoms with Crippen molar-refractivity contribution >= 4 is 5.91 Å². The molecule has 1 amide bonds. The van der Waals surface area contributed by atoms with E-state index in [9.17, 15) is 9.90 Å². The van der Waals surface area contributed by atoms with Crippen LogP contribution in [-0.4, -0.2) is 28.7 Å². The van der Waals surface area contributed by atoms with Crippen LogP contribution in [0.25, 0.3) is 0 Å². The minimum Gasteiger partial charge on any atom is -0.493 e. The number of benzene rings is 1. The molecule has 1 aliphatic heterocycles. The lowest BCUT2D eigenvalue weighted by Crippen LogP contribution is -2.41. The summed E-state index contributed by atoms with van der Waals surface area (Å²) in [4.78, 5) is 16.5. The van der Waals surface area contributed by atoms with Crippen LogP contribution < -0.4 is 10.1 Å². The van der Waals surface area contributed by atoms with Gasteiger partial charge in [0.05, 0.1) is 25.2 Å². The van der Waals surface area contributed by atoms with Gasteiger partial charge in [-0.25, -0.2) is 0 Å². The van der Waals surface area contributed by atoms with E-state index in [0.29, 0.717) is 6.42 Å². The van der Waals surface area contributed by atoms with Crippen LogP contribution in [0, 0.1) is 5.92 Å². The van der Waals surface area contributed by atoms with Crippen molar-refractivity contribution in [1.82, 2.24) is 10.3 Å². The number of nitrogens with zero attached hydrogens (tertiary/aromatic N) is 1. The Balaban J connectivity index is 1.51. The molecule has 2 heterocycles. The molecule has 1 aromatic heterocycles. The number of hydrogen-bond acceptors (Lipinski definition) is 4. The first-order valence-electron chi connectivity index (χ1n) is 8.81. The molecule has 2 aromatic rings. The standard InChI is InChI=1S/C20H22N2O3/c23-17-11-16(12-17)20(15-1-2-18-14(10-15)5-8-25-18)22-19(24)9-13-3-6-21-7-4-13/h1-4,6-7,10,16-17,20,23H,5,8-9,11-12H2,(H,22,24)/t16?,17?,20-/m0/s1. The van der Waals surface area contributed by atoms with Gasteiger partial charge < -0.3 is 15.2 Å². The number of ether oxygens (including phenoxy) is 1. The van der Waals surface area contributed by atoms with Gasteiger partial charge in [-0.3, -0.25) is 9.78 Å². The zero-order chi connectivity index (χ0) is 17.2. The Bertz CT molecular complexity index is 757. The number of rotatable bonds is 5. The van der Waals surface area contributed by atoms with Crippen LogP contribution in [0.5, 0.6) is 5.75 Å². The van der Waals surface area contributed by atoms with Gasteiger partial charge in [0.15, 0.2) is 0 Å². The van der Waals surface area contributed by atoms with Crippen LogP contribution in [-0.2, 0) is 17.6 Å². The van der Waals surface area contributed by atoms with Crippen molar-refractivity contribution in [3.63, 3.8) is 0 Å². The van der Waals surface area contributed by atoms with E-state index < -0.39 is 0 Å². The Kier molecular flexibility index (Phi) is 4.40. The minimum absolute atomic E-state index is 0.00524. The van der Waals surface area contributed by atoms with Gasteiger partial charge in [-0.05, 0) is 59.7 Å². The van der Waals surface area contributed by atoms with Gasteiger partial charge in [0.2, 0.25) is 5.91 Å². The van der Waals surface area contributed by atoms with Gasteiger partial charge >= 0.3 is 0 Å². The summed E-state index contributed by atoms with van der Waals surface area (Å²) >= 11 is 0. The minimum atomic E-state index is -0.248. The summed E-state index contributed by atoms with van der Waals surface area (Å²) in [6.45, 7) is 0.722. The molecule has 1 aliphatic carbocycles. The molecule has 2 N–H and O–H groups in total. The molecule has 5 heteroatoms. The second-order valence-corrected chi connectivity index (χ2v) is 6.93. The van der Waals surface area contributed by atoms with Gasteiger partial charge in [-0.1, -0.05) is 6.07 Å². The SMILES string of the molecule is O=C(Cc1ccncc1)N[C@@H](c1ccc2c(c1)CCO2)C1CC(O)C1. The smallest absolute Gasteiger partial charge is 0.224 e. The molecule has 0 unspecified atom stereocenters. The molecule has 0 radical (unpaired) electrons. The first-order chi connectivity index (χ1) is 12.2. The molecule has 5 nitrogen and oxygen atoms in total. The van der Waals surface area contributed by atoms with Crippen LogP contribution in [0.3, 0.4) is 0 Å². The third kappa shape index (κ3) is 3.51. The maximum Gasteiger partial charge on any atom is 0.224 e. The van der Waals surface area contributed by atoms with Crippen molar-refractivity contribution in [2.45, 2.75) is 37.8 Å². The van der Waals surface area contributed by atoms with E-state index >= 15 is 0 Å². The van der Waals surface area contributed by atoms with E-state index in [1.165, 1.54) is 5.56 Å². The van der Waals surface area contributed by atoms with E-state index in [4.69, 9.17) is 4.74 Å². The van der Waals surface area contributed by atoms with E-state index in [1.807, 2.05) is 24.3 Å². The predicted octanol–water partition coefficient (Wildman–Crippen LogP) is 2.19. The third-order valence-corrected chi connectivity index (χ3v) is 5.12. The number of aromatic nitrogens is 1. The lowest BCUT2D eigenvalue weighted by atomic mass is 9.74. The molecule has 0 spiro atoms. The van der Waals surface area contributed by atoms with Crippen LogP contribution in [0.2, 0.25) is 0 Å². The average Bonchev–Trinajstić information content (AvgIpc) is 3.06. The number of carbonyl (C=O) groups is 1. The Morgan fingerprint density at radius 3 is 2.84 bits per heavy atom. The first kappa shape index (κ1) is 16.1. The average molecular weight is 338 g/mol. The number of carbonyl (C=O) groups excluding carboxylic acids is 1. The summed E-state index contributed by atoms with van der Waals surface area (Å²) in [5, 5.41) is 12.9. The molecule has 0 saturated heterocycles. The molecular weight excluding hydrogens is 316 g/mol. The molecule has 1 saturated carbocycles. The molecule has 1 aromatic carbocycles. The van der Waals surface area contributed by atoms with Crippen molar-refractivity contribution in [3.05, 3.63) is 59.4 Å². The van der Waals surface area contributed by atoms with Crippen molar-refractivity contribution in [2.75, 3.05) is 6.61 Å². The van der Waals surface area contributed by atoms with E-state index in [0.717, 1.165) is 42.7 Å². The summed E-state index contributed by atoms with van der Waals surface area (Å²) < 4.78 is 5.58. The number of hydrogen-bond donors (Lipinski definition) is 2. The van der Waals surface area contributed by atoms with E-state index in [1.54, 1.807) is 12.4 Å². The Morgan fingerprint density at radius 1 is 1.28 bits per heavy atom. The van der Waals surface area contributed by atoms with E-state index in [-0.39, 0.29) is 24.0 Å². The topological polar surface area (TPSA) is 71.5 Å². The Labute approximate surface area is 147 Å². The van der Waals surface area contributed by atoms with Crippen LogP contribution >= 0.6 is 0 Å². The van der Waals surface area contributed by atoms with Gasteiger partial charge in [0, 0.05) is 18.8 Å². The van der Waals surface area contributed by atoms with E-state index in [2.05, 4.69) is 16.4 Å². The fourth-order valence-electron chi connectivity index (χ4n) is 3.69. The summed E-state index contributed by atoms with van der Waals surface area (Å²) in [5.74, 6) is 1.21.